The van der Waals surface area contributed by atoms with Crippen molar-refractivity contribution >= 4 is 5.84 Å². The maximum absolute atomic E-state index is 7.07. The predicted octanol–water partition coefficient (Wildman–Crippen LogP) is 1.65. The zero-order valence-corrected chi connectivity index (χ0v) is 9.57. The van der Waals surface area contributed by atoms with Crippen LogP contribution in [-0.4, -0.2) is 19.2 Å². The first kappa shape index (κ1) is 11.7. The molecule has 0 aromatic heterocycles. The van der Waals surface area contributed by atoms with Gasteiger partial charge in [-0.05, 0) is 24.1 Å². The van der Waals surface area contributed by atoms with Crippen molar-refractivity contribution in [3.8, 4) is 11.5 Å². The van der Waals surface area contributed by atoms with Crippen LogP contribution >= 0.6 is 0 Å². The van der Waals surface area contributed by atoms with Crippen LogP contribution < -0.4 is 15.2 Å². The molecule has 0 amide bonds. The van der Waals surface area contributed by atoms with Crippen LogP contribution in [0.3, 0.4) is 0 Å². The molecule has 1 aromatic rings. The Hall–Kier alpha value is -1.75. The second-order valence-corrected chi connectivity index (χ2v) is 3.87. The average Bonchev–Trinajstić information content (AvgIpc) is 2.75. The maximum Gasteiger partial charge on any atom is 0.231 e. The molecule has 1 aliphatic heterocycles. The lowest BCUT2D eigenvalue weighted by atomic mass is 10.2. The topological polar surface area (TPSA) is 77.6 Å². The smallest absolute Gasteiger partial charge is 0.231 e. The summed E-state index contributed by atoms with van der Waals surface area (Å²) in [6.45, 7) is 1.43. The molecule has 2 rings (SSSR count). The Kier molecular flexibility index (Phi) is 3.82. The molecule has 5 nitrogen and oxygen atoms in total. The zero-order chi connectivity index (χ0) is 12.1. The lowest BCUT2D eigenvalue weighted by Gasteiger charge is -2.05. The van der Waals surface area contributed by atoms with Crippen molar-refractivity contribution in [1.82, 2.24) is 0 Å². The van der Waals surface area contributed by atoms with E-state index in [-0.39, 0.29) is 12.6 Å². The average molecular weight is 236 g/mol. The van der Waals surface area contributed by atoms with E-state index < -0.39 is 0 Å². The van der Waals surface area contributed by atoms with Crippen LogP contribution in [0.1, 0.15) is 18.4 Å². The molecule has 0 fully saturated rings. The number of hydrogen-bond acceptors (Lipinski definition) is 4. The summed E-state index contributed by atoms with van der Waals surface area (Å²) in [6, 6.07) is 5.77. The largest absolute Gasteiger partial charge is 0.454 e. The van der Waals surface area contributed by atoms with Crippen LogP contribution in [-0.2, 0) is 11.3 Å². The second-order valence-electron chi connectivity index (χ2n) is 3.87. The number of fused-ring (bicyclic) bond motifs is 1. The lowest BCUT2D eigenvalue weighted by molar-refractivity contribution is 0.119. The summed E-state index contributed by atoms with van der Waals surface area (Å²) in [5.74, 6) is 1.76. The summed E-state index contributed by atoms with van der Waals surface area (Å²) < 4.78 is 16.0. The van der Waals surface area contributed by atoms with Gasteiger partial charge in [-0.2, -0.15) is 0 Å². The van der Waals surface area contributed by atoms with Gasteiger partial charge in [0.2, 0.25) is 6.79 Å². The molecular weight excluding hydrogens is 220 g/mol. The van der Waals surface area contributed by atoms with E-state index in [1.165, 1.54) is 0 Å². The molecule has 0 bridgehead atoms. The van der Waals surface area contributed by atoms with Gasteiger partial charge in [0.1, 0.15) is 0 Å². The van der Waals surface area contributed by atoms with E-state index in [2.05, 4.69) is 0 Å². The number of nitrogens with two attached hydrogens (primary N) is 1. The third-order valence-electron chi connectivity index (χ3n) is 2.44. The van der Waals surface area contributed by atoms with E-state index in [1.807, 2.05) is 18.2 Å². The van der Waals surface area contributed by atoms with Gasteiger partial charge in [-0.15, -0.1) is 0 Å². The number of benzene rings is 1. The maximum atomic E-state index is 7.07. The Morgan fingerprint density at radius 1 is 1.35 bits per heavy atom. The first-order valence-corrected chi connectivity index (χ1v) is 5.55. The summed E-state index contributed by atoms with van der Waals surface area (Å²) in [7, 11) is 0. The SMILES string of the molecule is N=C(N)CCCOCc1ccc2c(c1)OCO2. The van der Waals surface area contributed by atoms with Crippen molar-refractivity contribution in [2.24, 2.45) is 5.73 Å². The highest BCUT2D eigenvalue weighted by Crippen LogP contribution is 2.32. The zero-order valence-electron chi connectivity index (χ0n) is 9.57. The predicted molar refractivity (Wildman–Crippen MR) is 63.4 cm³/mol. The molecular formula is C12H16N2O3. The normalized spacial score (nSPS) is 12.7. The third kappa shape index (κ3) is 3.35. The quantitative estimate of drug-likeness (QED) is 0.447. The van der Waals surface area contributed by atoms with Crippen molar-refractivity contribution in [3.63, 3.8) is 0 Å². The Balaban J connectivity index is 1.74. The van der Waals surface area contributed by atoms with Gasteiger partial charge in [0.25, 0.3) is 0 Å². The molecule has 0 spiro atoms. The Morgan fingerprint density at radius 2 is 2.18 bits per heavy atom. The molecule has 5 heteroatoms. The molecule has 1 aliphatic rings. The highest BCUT2D eigenvalue weighted by atomic mass is 16.7. The van der Waals surface area contributed by atoms with Crippen molar-refractivity contribution in [1.29, 1.82) is 5.41 Å². The number of nitrogens with one attached hydrogen (secondary N) is 1. The minimum atomic E-state index is 0.205. The van der Waals surface area contributed by atoms with E-state index in [1.54, 1.807) is 0 Å². The molecule has 92 valence electrons. The third-order valence-corrected chi connectivity index (χ3v) is 2.44. The molecule has 3 N–H and O–H groups in total. The minimum absolute atomic E-state index is 0.205. The van der Waals surface area contributed by atoms with E-state index in [0.717, 1.165) is 23.5 Å². The van der Waals surface area contributed by atoms with Gasteiger partial charge in [0.15, 0.2) is 11.5 Å². The molecule has 0 saturated carbocycles. The van der Waals surface area contributed by atoms with Crippen LogP contribution in [0.4, 0.5) is 0 Å². The molecule has 0 unspecified atom stereocenters. The first-order valence-electron chi connectivity index (χ1n) is 5.55. The fourth-order valence-corrected chi connectivity index (χ4v) is 1.59. The molecule has 17 heavy (non-hydrogen) atoms. The fraction of sp³-hybridized carbons (Fsp3) is 0.417. The van der Waals surface area contributed by atoms with Crippen LogP contribution in [0.2, 0.25) is 0 Å². The summed E-state index contributed by atoms with van der Waals surface area (Å²) in [5, 5.41) is 7.07. The van der Waals surface area contributed by atoms with Crippen LogP contribution in [0.5, 0.6) is 11.5 Å². The summed E-state index contributed by atoms with van der Waals surface area (Å²) in [4.78, 5) is 0. The summed E-state index contributed by atoms with van der Waals surface area (Å²) in [5.41, 5.74) is 6.30. The van der Waals surface area contributed by atoms with Gasteiger partial charge in [-0.25, -0.2) is 0 Å². The van der Waals surface area contributed by atoms with Crippen molar-refractivity contribution in [2.75, 3.05) is 13.4 Å². The van der Waals surface area contributed by atoms with Gasteiger partial charge < -0.3 is 19.9 Å². The molecule has 0 radical (unpaired) electrons. The highest BCUT2D eigenvalue weighted by molar-refractivity contribution is 5.76. The van der Waals surface area contributed by atoms with Crippen LogP contribution in [0.25, 0.3) is 0 Å². The Bertz CT molecular complexity index is 407. The van der Waals surface area contributed by atoms with Crippen LogP contribution in [0, 0.1) is 5.41 Å². The summed E-state index contributed by atoms with van der Waals surface area (Å²) in [6.07, 6.45) is 1.36. The Morgan fingerprint density at radius 3 is 3.00 bits per heavy atom. The summed E-state index contributed by atoms with van der Waals surface area (Å²) >= 11 is 0. The van der Waals surface area contributed by atoms with Crippen molar-refractivity contribution in [2.45, 2.75) is 19.4 Å². The molecule has 1 aromatic carbocycles. The minimum Gasteiger partial charge on any atom is -0.454 e. The lowest BCUT2D eigenvalue weighted by Crippen LogP contribution is -2.10. The van der Waals surface area contributed by atoms with Gasteiger partial charge in [0, 0.05) is 13.0 Å². The molecule has 1 heterocycles. The van der Waals surface area contributed by atoms with Gasteiger partial charge >= 0.3 is 0 Å². The molecule has 0 aliphatic carbocycles. The number of ether oxygens (including phenoxy) is 3. The van der Waals surface area contributed by atoms with Crippen LogP contribution in [0.15, 0.2) is 18.2 Å². The highest BCUT2D eigenvalue weighted by Gasteiger charge is 2.12. The number of hydrogen-bond donors (Lipinski definition) is 2. The molecule has 0 saturated heterocycles. The van der Waals surface area contributed by atoms with E-state index in [9.17, 15) is 0 Å². The molecule has 0 atom stereocenters. The van der Waals surface area contributed by atoms with Gasteiger partial charge in [-0.1, -0.05) is 6.07 Å². The standard InChI is InChI=1S/C12H16N2O3/c13-12(14)2-1-5-15-7-9-3-4-10-11(6-9)17-8-16-10/h3-4,6H,1-2,5,7-8H2,(H3,13,14). The monoisotopic (exact) mass is 236 g/mol. The van der Waals surface area contributed by atoms with Crippen molar-refractivity contribution in [3.05, 3.63) is 23.8 Å². The van der Waals surface area contributed by atoms with E-state index in [4.69, 9.17) is 25.4 Å². The Labute approximate surface area is 100.0 Å². The van der Waals surface area contributed by atoms with Crippen molar-refractivity contribution < 1.29 is 14.2 Å². The van der Waals surface area contributed by atoms with Gasteiger partial charge in [-0.3, -0.25) is 5.41 Å². The number of rotatable bonds is 6. The van der Waals surface area contributed by atoms with E-state index >= 15 is 0 Å². The first-order chi connectivity index (χ1) is 8.25. The van der Waals surface area contributed by atoms with Gasteiger partial charge in [0.05, 0.1) is 12.4 Å². The fourth-order valence-electron chi connectivity index (χ4n) is 1.59. The van der Waals surface area contributed by atoms with E-state index in [0.29, 0.717) is 19.6 Å². The number of amidine groups is 1. The second kappa shape index (κ2) is 5.54.